The Bertz CT molecular complexity index is 475. The average molecular weight is 234 g/mol. The van der Waals surface area contributed by atoms with Crippen LogP contribution in [0.3, 0.4) is 0 Å². The van der Waals surface area contributed by atoms with E-state index in [1.54, 1.807) is 23.7 Å². The lowest BCUT2D eigenvalue weighted by Gasteiger charge is -2.02. The van der Waals surface area contributed by atoms with Crippen LogP contribution in [0.15, 0.2) is 12.4 Å². The lowest BCUT2D eigenvalue weighted by Crippen LogP contribution is -2.04. The quantitative estimate of drug-likeness (QED) is 0.886. The van der Waals surface area contributed by atoms with E-state index in [0.717, 1.165) is 16.3 Å². The Kier molecular flexibility index (Phi) is 3.14. The van der Waals surface area contributed by atoms with Gasteiger partial charge in [0.1, 0.15) is 0 Å². The third-order valence-electron chi connectivity index (χ3n) is 2.19. The number of anilines is 1. The molecule has 0 saturated carbocycles. The van der Waals surface area contributed by atoms with E-state index in [2.05, 4.69) is 27.2 Å². The fourth-order valence-corrected chi connectivity index (χ4v) is 2.22. The van der Waals surface area contributed by atoms with Crippen LogP contribution in [0.5, 0.6) is 0 Å². The largest absolute Gasteiger partial charge is 0.349 e. The molecule has 0 aromatic carbocycles. The van der Waals surface area contributed by atoms with Gasteiger partial charge in [-0.15, -0.1) is 11.3 Å². The molecule has 16 heavy (non-hydrogen) atoms. The zero-order chi connectivity index (χ0) is 11.5. The Morgan fingerprint density at radius 1 is 1.19 bits per heavy atom. The van der Waals surface area contributed by atoms with Gasteiger partial charge in [-0.25, -0.2) is 15.0 Å². The molecule has 0 aliphatic rings. The van der Waals surface area contributed by atoms with E-state index >= 15 is 0 Å². The monoisotopic (exact) mass is 234 g/mol. The molecular weight excluding hydrogens is 220 g/mol. The van der Waals surface area contributed by atoms with Crippen LogP contribution in [0, 0.1) is 20.8 Å². The van der Waals surface area contributed by atoms with Crippen LogP contribution in [-0.4, -0.2) is 15.0 Å². The van der Waals surface area contributed by atoms with Crippen LogP contribution in [0.2, 0.25) is 0 Å². The van der Waals surface area contributed by atoms with Crippen molar-refractivity contribution in [2.45, 2.75) is 27.3 Å². The first kappa shape index (κ1) is 11.0. The third kappa shape index (κ3) is 2.55. The van der Waals surface area contributed by atoms with Crippen molar-refractivity contribution in [2.75, 3.05) is 5.32 Å². The van der Waals surface area contributed by atoms with E-state index in [4.69, 9.17) is 0 Å². The van der Waals surface area contributed by atoms with Crippen molar-refractivity contribution < 1.29 is 0 Å². The summed E-state index contributed by atoms with van der Waals surface area (Å²) in [5.41, 5.74) is 2.14. The minimum atomic E-state index is 0.649. The summed E-state index contributed by atoms with van der Waals surface area (Å²) in [6, 6.07) is 0. The maximum absolute atomic E-state index is 4.44. The summed E-state index contributed by atoms with van der Waals surface area (Å²) >= 11 is 1.71. The minimum absolute atomic E-state index is 0.649. The van der Waals surface area contributed by atoms with E-state index < -0.39 is 0 Å². The van der Waals surface area contributed by atoms with Gasteiger partial charge in [0.2, 0.25) is 5.95 Å². The van der Waals surface area contributed by atoms with Crippen molar-refractivity contribution in [3.8, 4) is 0 Å². The Morgan fingerprint density at radius 3 is 2.44 bits per heavy atom. The molecule has 0 amide bonds. The third-order valence-corrected chi connectivity index (χ3v) is 3.12. The SMILES string of the molecule is Cc1cnc(NCc2nc(C)sc2C)nc1. The first-order valence-corrected chi connectivity index (χ1v) is 5.92. The van der Waals surface area contributed by atoms with Gasteiger partial charge in [0.25, 0.3) is 0 Å². The number of nitrogens with one attached hydrogen (secondary N) is 1. The van der Waals surface area contributed by atoms with Gasteiger partial charge < -0.3 is 5.32 Å². The van der Waals surface area contributed by atoms with Crippen LogP contribution >= 0.6 is 11.3 Å². The van der Waals surface area contributed by atoms with Gasteiger partial charge in [0.05, 0.1) is 17.2 Å². The second-order valence-electron chi connectivity index (χ2n) is 3.67. The molecule has 0 aliphatic heterocycles. The highest BCUT2D eigenvalue weighted by Gasteiger charge is 2.04. The van der Waals surface area contributed by atoms with E-state index in [1.807, 2.05) is 13.8 Å². The van der Waals surface area contributed by atoms with Crippen LogP contribution < -0.4 is 5.32 Å². The Hall–Kier alpha value is -1.49. The van der Waals surface area contributed by atoms with E-state index in [9.17, 15) is 0 Å². The molecule has 0 fully saturated rings. The predicted molar refractivity (Wildman–Crippen MR) is 65.7 cm³/mol. The standard InChI is InChI=1S/C11H14N4S/c1-7-4-12-11(13-5-7)14-6-10-8(2)16-9(3)15-10/h4-5H,6H2,1-3H3,(H,12,13,14). The summed E-state index contributed by atoms with van der Waals surface area (Å²) in [7, 11) is 0. The molecule has 84 valence electrons. The zero-order valence-corrected chi connectivity index (χ0v) is 10.4. The van der Waals surface area contributed by atoms with Crippen molar-refractivity contribution in [2.24, 2.45) is 0 Å². The Morgan fingerprint density at radius 2 is 1.88 bits per heavy atom. The van der Waals surface area contributed by atoms with Gasteiger partial charge in [-0.3, -0.25) is 0 Å². The van der Waals surface area contributed by atoms with Crippen LogP contribution in [0.25, 0.3) is 0 Å². The van der Waals surface area contributed by atoms with Crippen LogP contribution in [0.1, 0.15) is 21.1 Å². The van der Waals surface area contributed by atoms with Gasteiger partial charge in [-0.2, -0.15) is 0 Å². The van der Waals surface area contributed by atoms with Crippen molar-refractivity contribution in [1.29, 1.82) is 0 Å². The van der Waals surface area contributed by atoms with Gasteiger partial charge >= 0.3 is 0 Å². The topological polar surface area (TPSA) is 50.7 Å². The van der Waals surface area contributed by atoms with E-state index in [1.165, 1.54) is 4.88 Å². The summed E-state index contributed by atoms with van der Waals surface area (Å²) in [5.74, 6) is 0.649. The highest BCUT2D eigenvalue weighted by atomic mass is 32.1. The lowest BCUT2D eigenvalue weighted by molar-refractivity contribution is 0.992. The molecule has 0 unspecified atom stereocenters. The zero-order valence-electron chi connectivity index (χ0n) is 9.61. The molecule has 1 N–H and O–H groups in total. The number of hydrogen-bond acceptors (Lipinski definition) is 5. The van der Waals surface area contributed by atoms with Crippen molar-refractivity contribution >= 4 is 17.3 Å². The molecule has 2 aromatic rings. The molecule has 2 aromatic heterocycles. The number of rotatable bonds is 3. The minimum Gasteiger partial charge on any atom is -0.349 e. The Balaban J connectivity index is 2.02. The summed E-state index contributed by atoms with van der Waals surface area (Å²) in [6.45, 7) is 6.75. The fraction of sp³-hybridized carbons (Fsp3) is 0.364. The van der Waals surface area contributed by atoms with E-state index in [0.29, 0.717) is 12.5 Å². The van der Waals surface area contributed by atoms with E-state index in [-0.39, 0.29) is 0 Å². The van der Waals surface area contributed by atoms with Crippen molar-refractivity contribution in [1.82, 2.24) is 15.0 Å². The van der Waals surface area contributed by atoms with Crippen LogP contribution in [0.4, 0.5) is 5.95 Å². The number of nitrogens with zero attached hydrogens (tertiary/aromatic N) is 3. The second-order valence-corrected chi connectivity index (χ2v) is 5.08. The molecule has 2 heterocycles. The van der Waals surface area contributed by atoms with Gasteiger partial charge in [0.15, 0.2) is 0 Å². The number of hydrogen-bond donors (Lipinski definition) is 1. The molecule has 2 rings (SSSR count). The van der Waals surface area contributed by atoms with Gasteiger partial charge in [-0.05, 0) is 26.3 Å². The summed E-state index contributed by atoms with van der Waals surface area (Å²) < 4.78 is 0. The average Bonchev–Trinajstić information content (AvgIpc) is 2.57. The maximum Gasteiger partial charge on any atom is 0.222 e. The second kappa shape index (κ2) is 4.57. The molecule has 0 radical (unpaired) electrons. The van der Waals surface area contributed by atoms with Gasteiger partial charge in [-0.1, -0.05) is 0 Å². The molecule has 0 bridgehead atoms. The number of thiazole rings is 1. The first-order chi connectivity index (χ1) is 7.65. The molecule has 0 spiro atoms. The molecular formula is C11H14N4S. The first-order valence-electron chi connectivity index (χ1n) is 5.10. The molecule has 0 aliphatic carbocycles. The highest BCUT2D eigenvalue weighted by molar-refractivity contribution is 7.11. The van der Waals surface area contributed by atoms with Crippen LogP contribution in [-0.2, 0) is 6.54 Å². The summed E-state index contributed by atoms with van der Waals surface area (Å²) in [4.78, 5) is 14.1. The molecule has 5 heteroatoms. The molecule has 4 nitrogen and oxygen atoms in total. The molecule has 0 atom stereocenters. The predicted octanol–water partition coefficient (Wildman–Crippen LogP) is 2.47. The number of aryl methyl sites for hydroxylation is 3. The lowest BCUT2D eigenvalue weighted by atomic mass is 10.4. The Labute approximate surface area is 98.8 Å². The van der Waals surface area contributed by atoms with Crippen molar-refractivity contribution in [3.05, 3.63) is 33.5 Å². The highest BCUT2D eigenvalue weighted by Crippen LogP contribution is 2.16. The van der Waals surface area contributed by atoms with Crippen molar-refractivity contribution in [3.63, 3.8) is 0 Å². The maximum atomic E-state index is 4.44. The number of aromatic nitrogens is 3. The smallest absolute Gasteiger partial charge is 0.222 e. The fourth-order valence-electron chi connectivity index (χ4n) is 1.38. The summed E-state index contributed by atoms with van der Waals surface area (Å²) in [6.07, 6.45) is 3.60. The van der Waals surface area contributed by atoms with Gasteiger partial charge in [0, 0.05) is 17.3 Å². The normalized spacial score (nSPS) is 10.4. The molecule has 0 saturated heterocycles. The summed E-state index contributed by atoms with van der Waals surface area (Å²) in [5, 5.41) is 4.26.